The second-order valence-corrected chi connectivity index (χ2v) is 10.4. The number of ether oxygens (including phenoxy) is 2. The summed E-state index contributed by atoms with van der Waals surface area (Å²) in [6.45, 7) is 4.40. The molecule has 0 aromatic heterocycles. The van der Waals surface area contributed by atoms with Crippen LogP contribution in [-0.2, 0) is 25.7 Å². The van der Waals surface area contributed by atoms with E-state index in [9.17, 15) is 26.4 Å². The molecule has 2 aromatic rings. The predicted molar refractivity (Wildman–Crippen MR) is 125 cm³/mol. The molecule has 1 heterocycles. The van der Waals surface area contributed by atoms with E-state index in [0.717, 1.165) is 22.7 Å². The van der Waals surface area contributed by atoms with Gasteiger partial charge in [-0.25, -0.2) is 8.42 Å². The summed E-state index contributed by atoms with van der Waals surface area (Å²) < 4.78 is 75.7. The van der Waals surface area contributed by atoms with Gasteiger partial charge in [-0.1, -0.05) is 0 Å². The summed E-state index contributed by atoms with van der Waals surface area (Å²) in [5.41, 5.74) is 5.13. The zero-order chi connectivity index (χ0) is 26.0. The number of anilines is 1. The van der Waals surface area contributed by atoms with E-state index < -0.39 is 33.7 Å². The van der Waals surface area contributed by atoms with Crippen LogP contribution in [0, 0.1) is 0 Å². The van der Waals surface area contributed by atoms with Crippen molar-refractivity contribution in [1.82, 2.24) is 4.90 Å². The lowest BCUT2D eigenvalue weighted by Crippen LogP contribution is -2.58. The van der Waals surface area contributed by atoms with Gasteiger partial charge in [0.1, 0.15) is 17.5 Å². The highest BCUT2D eigenvalue weighted by molar-refractivity contribution is 7.92. The Labute approximate surface area is 202 Å². The number of carbonyl (C=O) groups is 1. The van der Waals surface area contributed by atoms with Gasteiger partial charge in [0.15, 0.2) is 0 Å². The van der Waals surface area contributed by atoms with Gasteiger partial charge in [-0.05, 0) is 62.4 Å². The molecule has 1 amide bonds. The van der Waals surface area contributed by atoms with E-state index in [0.29, 0.717) is 18.8 Å². The van der Waals surface area contributed by atoms with Crippen LogP contribution in [0.2, 0.25) is 0 Å². The Morgan fingerprint density at radius 1 is 1.09 bits per heavy atom. The highest BCUT2D eigenvalue weighted by Gasteiger charge is 2.34. The highest BCUT2D eigenvalue weighted by Crippen LogP contribution is 2.32. The monoisotopic (exact) mass is 515 g/mol. The van der Waals surface area contributed by atoms with Gasteiger partial charge in [-0.2, -0.15) is 13.2 Å². The van der Waals surface area contributed by atoms with Crippen molar-refractivity contribution < 1.29 is 35.9 Å². The Bertz CT molecular complexity index is 1110. The number of amides is 1. The van der Waals surface area contributed by atoms with E-state index in [4.69, 9.17) is 15.2 Å². The second-order valence-electron chi connectivity index (χ2n) is 8.54. The summed E-state index contributed by atoms with van der Waals surface area (Å²) >= 11 is 0. The minimum atomic E-state index is -4.45. The van der Waals surface area contributed by atoms with Gasteiger partial charge >= 0.3 is 6.18 Å². The van der Waals surface area contributed by atoms with Crippen LogP contribution in [0.25, 0.3) is 0 Å². The molecule has 3 rings (SSSR count). The molecule has 12 heteroatoms. The molecule has 2 N–H and O–H groups in total. The zero-order valence-corrected chi connectivity index (χ0v) is 20.3. The number of sulfonamides is 1. The first kappa shape index (κ1) is 26.8. The molecule has 8 nitrogen and oxygen atoms in total. The number of primary amides is 1. The molecule has 0 aliphatic carbocycles. The van der Waals surface area contributed by atoms with Gasteiger partial charge in [0.05, 0.1) is 36.3 Å². The van der Waals surface area contributed by atoms with Crippen molar-refractivity contribution in [2.75, 3.05) is 30.2 Å². The minimum Gasteiger partial charge on any atom is -0.457 e. The maximum absolute atomic E-state index is 12.7. The Morgan fingerprint density at radius 3 is 2.00 bits per heavy atom. The molecule has 0 bridgehead atoms. The van der Waals surface area contributed by atoms with Gasteiger partial charge in [-0.3, -0.25) is 14.0 Å². The largest absolute Gasteiger partial charge is 0.457 e. The van der Waals surface area contributed by atoms with Crippen molar-refractivity contribution in [3.05, 3.63) is 54.1 Å². The van der Waals surface area contributed by atoms with E-state index in [1.807, 2.05) is 18.7 Å². The molecule has 1 fully saturated rings. The molecule has 3 atom stereocenters. The van der Waals surface area contributed by atoms with Crippen LogP contribution in [0.15, 0.2) is 48.5 Å². The van der Waals surface area contributed by atoms with Crippen LogP contribution in [0.3, 0.4) is 0 Å². The van der Waals surface area contributed by atoms with Gasteiger partial charge in [-0.15, -0.1) is 0 Å². The lowest BCUT2D eigenvalue weighted by molar-refractivity contribution is -0.137. The maximum Gasteiger partial charge on any atom is 0.416 e. The molecule has 35 heavy (non-hydrogen) atoms. The fourth-order valence-corrected chi connectivity index (χ4v) is 4.89. The summed E-state index contributed by atoms with van der Waals surface area (Å²) in [6, 6.07) is 9.29. The Morgan fingerprint density at radius 2 is 1.57 bits per heavy atom. The summed E-state index contributed by atoms with van der Waals surface area (Å²) in [6.07, 6.45) is -3.71. The third-order valence-corrected chi connectivity index (χ3v) is 6.66. The van der Waals surface area contributed by atoms with Crippen LogP contribution >= 0.6 is 0 Å². The smallest absolute Gasteiger partial charge is 0.416 e. The fourth-order valence-electron chi connectivity index (χ4n) is 3.98. The average Bonchev–Trinajstić information content (AvgIpc) is 2.73. The van der Waals surface area contributed by atoms with E-state index in [2.05, 4.69) is 0 Å². The van der Waals surface area contributed by atoms with E-state index in [1.54, 1.807) is 0 Å². The predicted octanol–water partition coefficient (Wildman–Crippen LogP) is 3.23. The van der Waals surface area contributed by atoms with Gasteiger partial charge in [0.25, 0.3) is 0 Å². The molecule has 192 valence electrons. The molecule has 1 aliphatic heterocycles. The molecular formula is C23H28F3N3O5S. The maximum atomic E-state index is 12.7. The zero-order valence-electron chi connectivity index (χ0n) is 19.5. The van der Waals surface area contributed by atoms with Crippen LogP contribution in [0.5, 0.6) is 11.5 Å². The van der Waals surface area contributed by atoms with Crippen LogP contribution in [0.1, 0.15) is 19.4 Å². The average molecular weight is 516 g/mol. The quantitative estimate of drug-likeness (QED) is 0.579. The third-order valence-electron chi connectivity index (χ3n) is 5.50. The molecular weight excluding hydrogens is 487 g/mol. The second kappa shape index (κ2) is 10.4. The van der Waals surface area contributed by atoms with Crippen LogP contribution < -0.4 is 14.8 Å². The Hall–Kier alpha value is -2.83. The topological polar surface area (TPSA) is 102 Å². The minimum absolute atomic E-state index is 0.145. The molecule has 1 aliphatic rings. The number of nitrogens with two attached hydrogens (primary N) is 1. The fraction of sp³-hybridized carbons (Fsp3) is 0.435. The van der Waals surface area contributed by atoms with E-state index in [-0.39, 0.29) is 30.2 Å². The summed E-state index contributed by atoms with van der Waals surface area (Å²) in [5, 5.41) is 0. The number of hydrogen-bond donors (Lipinski definition) is 1. The lowest BCUT2D eigenvalue weighted by atomic mass is 10.1. The lowest BCUT2D eigenvalue weighted by Gasteiger charge is -2.40. The summed E-state index contributed by atoms with van der Waals surface area (Å²) in [4.78, 5) is 14.1. The normalized spacial score (nSPS) is 20.3. The first-order valence-corrected chi connectivity index (χ1v) is 12.7. The first-order valence-electron chi connectivity index (χ1n) is 10.9. The molecule has 0 saturated carbocycles. The number of alkyl halides is 3. The molecule has 1 saturated heterocycles. The highest BCUT2D eigenvalue weighted by atomic mass is 32.2. The number of halogens is 3. The van der Waals surface area contributed by atoms with Crippen molar-refractivity contribution in [3.63, 3.8) is 0 Å². The summed E-state index contributed by atoms with van der Waals surface area (Å²) in [5.74, 6) is -0.165. The third kappa shape index (κ3) is 7.09. The number of rotatable bonds is 8. The summed E-state index contributed by atoms with van der Waals surface area (Å²) in [7, 11) is -3.78. The molecule has 0 spiro atoms. The van der Waals surface area contributed by atoms with E-state index >= 15 is 0 Å². The van der Waals surface area contributed by atoms with Gasteiger partial charge in [0.2, 0.25) is 15.9 Å². The SMILES string of the molecule is CC1CN([C@@H](CN(c2ccc(Oc3ccc(C(F)(F)F)cc3)cc2)S(C)(=O)=O)C(N)=O)CC(C)O1. The molecule has 2 aromatic carbocycles. The Kier molecular flexibility index (Phi) is 7.97. The standard InChI is InChI=1S/C23H28F3N3O5S/c1-15-12-28(13-16(2)33-15)21(22(27)30)14-29(35(3,31)32)18-6-10-20(11-7-18)34-19-8-4-17(5-9-19)23(24,25)26/h4-11,15-16,21H,12-14H2,1-3H3,(H2,27,30)/t15?,16?,21-/m0/s1. The first-order chi connectivity index (χ1) is 16.2. The van der Waals surface area contributed by atoms with Crippen molar-refractivity contribution >= 4 is 21.6 Å². The van der Waals surface area contributed by atoms with Crippen molar-refractivity contribution in [2.24, 2.45) is 5.73 Å². The number of carbonyl (C=O) groups excluding carboxylic acids is 1. The van der Waals surface area contributed by atoms with Crippen LogP contribution in [0.4, 0.5) is 18.9 Å². The number of nitrogens with zero attached hydrogens (tertiary/aromatic N) is 2. The van der Waals surface area contributed by atoms with Crippen molar-refractivity contribution in [1.29, 1.82) is 0 Å². The number of hydrogen-bond acceptors (Lipinski definition) is 6. The van der Waals surface area contributed by atoms with Crippen LogP contribution in [-0.4, -0.2) is 63.4 Å². The number of benzene rings is 2. The van der Waals surface area contributed by atoms with Gasteiger partial charge in [0, 0.05) is 13.1 Å². The molecule has 0 radical (unpaired) electrons. The number of morpholine rings is 1. The Balaban J connectivity index is 1.78. The van der Waals surface area contributed by atoms with Crippen molar-refractivity contribution in [2.45, 2.75) is 38.3 Å². The van der Waals surface area contributed by atoms with E-state index in [1.165, 1.54) is 36.4 Å². The van der Waals surface area contributed by atoms with Crippen molar-refractivity contribution in [3.8, 4) is 11.5 Å². The molecule has 2 unspecified atom stereocenters. The van der Waals surface area contributed by atoms with Gasteiger partial charge < -0.3 is 15.2 Å².